The number of nitrogens with zero attached hydrogens (tertiary/aromatic N) is 2. The van der Waals surface area contributed by atoms with E-state index < -0.39 is 11.9 Å². The Morgan fingerprint density at radius 1 is 1.62 bits per heavy atom. The molecule has 1 N–H and O–H groups in total. The highest BCUT2D eigenvalue weighted by atomic mass is 19.4. The van der Waals surface area contributed by atoms with Crippen molar-refractivity contribution in [3.63, 3.8) is 0 Å². The summed E-state index contributed by atoms with van der Waals surface area (Å²) in [5.41, 5.74) is 1.17. The Kier molecular flexibility index (Phi) is 2.26. The van der Waals surface area contributed by atoms with Crippen LogP contribution in [0.25, 0.3) is 0 Å². The zero-order valence-electron chi connectivity index (χ0n) is 6.59. The van der Waals surface area contributed by atoms with Gasteiger partial charge >= 0.3 is 6.18 Å². The van der Waals surface area contributed by atoms with Crippen molar-refractivity contribution in [1.29, 1.82) is 0 Å². The number of aromatic nitrogens is 2. The fourth-order valence-corrected chi connectivity index (χ4v) is 0.794. The molecule has 0 atom stereocenters. The van der Waals surface area contributed by atoms with Gasteiger partial charge in [0.05, 0.1) is 5.69 Å². The lowest BCUT2D eigenvalue weighted by atomic mass is 10.4. The average molecular weight is 193 g/mol. The molecule has 0 aromatic carbocycles. The minimum atomic E-state index is -4.49. The van der Waals surface area contributed by atoms with E-state index in [1.54, 1.807) is 0 Å². The summed E-state index contributed by atoms with van der Waals surface area (Å²) in [6.07, 6.45) is -4.24. The van der Waals surface area contributed by atoms with Gasteiger partial charge in [-0.1, -0.05) is 0 Å². The Morgan fingerprint density at radius 2 is 2.23 bits per heavy atom. The number of hydrogen-bond donors (Lipinski definition) is 1. The maximum Gasteiger partial charge on any atom is 0.435 e. The first kappa shape index (κ1) is 9.56. The molecule has 7 heteroatoms. The number of aryl methyl sites for hydroxylation is 1. The Hall–Kier alpha value is -1.53. The van der Waals surface area contributed by atoms with Crippen molar-refractivity contribution in [2.45, 2.75) is 13.1 Å². The minimum absolute atomic E-state index is 0.208. The molecule has 1 amide bonds. The summed E-state index contributed by atoms with van der Waals surface area (Å²) >= 11 is 0. The summed E-state index contributed by atoms with van der Waals surface area (Å²) in [5.74, 6) is 0. The highest BCUT2D eigenvalue weighted by Gasteiger charge is 2.34. The van der Waals surface area contributed by atoms with Crippen LogP contribution in [-0.2, 0) is 11.0 Å². The van der Waals surface area contributed by atoms with Gasteiger partial charge in [-0.25, -0.2) is 5.43 Å². The summed E-state index contributed by atoms with van der Waals surface area (Å²) < 4.78 is 36.1. The molecule has 0 fully saturated rings. The maximum atomic E-state index is 12.0. The van der Waals surface area contributed by atoms with Crippen molar-refractivity contribution in [2.75, 3.05) is 5.43 Å². The van der Waals surface area contributed by atoms with Crippen LogP contribution in [-0.4, -0.2) is 16.3 Å². The van der Waals surface area contributed by atoms with Gasteiger partial charge in [0.15, 0.2) is 5.69 Å². The molecule has 0 radical (unpaired) electrons. The third kappa shape index (κ3) is 1.98. The van der Waals surface area contributed by atoms with Crippen molar-refractivity contribution >= 4 is 6.41 Å². The quantitative estimate of drug-likeness (QED) is 0.709. The van der Waals surface area contributed by atoms with Gasteiger partial charge in [0.25, 0.3) is 0 Å². The zero-order valence-corrected chi connectivity index (χ0v) is 6.59. The molecule has 0 spiro atoms. The Bertz CT molecular complexity index is 317. The second-order valence-electron chi connectivity index (χ2n) is 2.33. The molecule has 0 aliphatic heterocycles. The molecule has 72 valence electrons. The van der Waals surface area contributed by atoms with Crippen LogP contribution < -0.4 is 5.43 Å². The molecule has 13 heavy (non-hydrogen) atoms. The SMILES string of the molecule is Cc1cc(C(F)(F)F)nn1NC=O. The van der Waals surface area contributed by atoms with Crippen molar-refractivity contribution in [1.82, 2.24) is 9.89 Å². The summed E-state index contributed by atoms with van der Waals surface area (Å²) in [6.45, 7) is 1.40. The topological polar surface area (TPSA) is 46.9 Å². The molecule has 4 nitrogen and oxygen atoms in total. The van der Waals surface area contributed by atoms with E-state index in [4.69, 9.17) is 0 Å². The van der Waals surface area contributed by atoms with Gasteiger partial charge < -0.3 is 0 Å². The third-order valence-corrected chi connectivity index (χ3v) is 1.35. The molecule has 1 aromatic rings. The van der Waals surface area contributed by atoms with Crippen LogP contribution in [0, 0.1) is 6.92 Å². The lowest BCUT2D eigenvalue weighted by Crippen LogP contribution is -2.16. The molecule has 0 aliphatic carbocycles. The van der Waals surface area contributed by atoms with Crippen LogP contribution in [0.2, 0.25) is 0 Å². The van der Waals surface area contributed by atoms with E-state index in [0.717, 1.165) is 10.9 Å². The molecular formula is C6H6F3N3O. The van der Waals surface area contributed by atoms with Crippen LogP contribution in [0.5, 0.6) is 0 Å². The van der Waals surface area contributed by atoms with Crippen molar-refractivity contribution in [3.8, 4) is 0 Å². The first-order chi connectivity index (χ1) is 5.95. The van der Waals surface area contributed by atoms with Crippen molar-refractivity contribution < 1.29 is 18.0 Å². The molecule has 0 bridgehead atoms. The van der Waals surface area contributed by atoms with Crippen molar-refractivity contribution in [3.05, 3.63) is 17.5 Å². The monoisotopic (exact) mass is 193 g/mol. The minimum Gasteiger partial charge on any atom is -0.277 e. The van der Waals surface area contributed by atoms with E-state index in [0.29, 0.717) is 0 Å². The first-order valence-corrected chi connectivity index (χ1v) is 3.29. The third-order valence-electron chi connectivity index (χ3n) is 1.35. The molecule has 1 rings (SSSR count). The molecule has 0 saturated carbocycles. The lowest BCUT2D eigenvalue weighted by molar-refractivity contribution is -0.141. The second-order valence-corrected chi connectivity index (χ2v) is 2.33. The molecule has 0 aliphatic rings. The van der Waals surface area contributed by atoms with E-state index in [1.807, 2.05) is 5.43 Å². The highest BCUT2D eigenvalue weighted by Crippen LogP contribution is 2.27. The second kappa shape index (κ2) is 3.08. The Labute approximate surface area is 71.3 Å². The fourth-order valence-electron chi connectivity index (χ4n) is 0.794. The van der Waals surface area contributed by atoms with Crippen LogP contribution in [0.4, 0.5) is 13.2 Å². The largest absolute Gasteiger partial charge is 0.435 e. The van der Waals surface area contributed by atoms with E-state index >= 15 is 0 Å². The van der Waals surface area contributed by atoms with Gasteiger partial charge in [0, 0.05) is 0 Å². The van der Waals surface area contributed by atoms with Crippen molar-refractivity contribution in [2.24, 2.45) is 0 Å². The van der Waals surface area contributed by atoms with Crippen LogP contribution in [0.1, 0.15) is 11.4 Å². The standard InChI is InChI=1S/C6H6F3N3O/c1-4-2-5(6(7,8)9)11-12(4)10-3-13/h2-3H,1H3,(H,10,13). The number of carbonyl (C=O) groups is 1. The Morgan fingerprint density at radius 3 is 2.62 bits per heavy atom. The molecule has 0 saturated heterocycles. The number of amides is 1. The van der Waals surface area contributed by atoms with Gasteiger partial charge in [0.1, 0.15) is 0 Å². The molecule has 1 aromatic heterocycles. The number of carbonyl (C=O) groups excluding carboxylic acids is 1. The first-order valence-electron chi connectivity index (χ1n) is 3.29. The summed E-state index contributed by atoms with van der Waals surface area (Å²) in [6, 6.07) is 0.844. The smallest absolute Gasteiger partial charge is 0.277 e. The molecular weight excluding hydrogens is 187 g/mol. The van der Waals surface area contributed by atoms with Crippen LogP contribution in [0.3, 0.4) is 0 Å². The highest BCUT2D eigenvalue weighted by molar-refractivity contribution is 5.56. The van der Waals surface area contributed by atoms with Gasteiger partial charge in [0.2, 0.25) is 6.41 Å². The predicted octanol–water partition coefficient (Wildman–Crippen LogP) is 0.910. The Balaban J connectivity index is 3.01. The summed E-state index contributed by atoms with van der Waals surface area (Å²) in [7, 11) is 0. The number of rotatable bonds is 2. The maximum absolute atomic E-state index is 12.0. The number of nitrogens with one attached hydrogen (secondary N) is 1. The lowest BCUT2D eigenvalue weighted by Gasteiger charge is -2.00. The van der Waals surface area contributed by atoms with Gasteiger partial charge in [-0.05, 0) is 13.0 Å². The number of halogens is 3. The predicted molar refractivity (Wildman–Crippen MR) is 37.4 cm³/mol. The van der Waals surface area contributed by atoms with E-state index in [2.05, 4.69) is 5.10 Å². The van der Waals surface area contributed by atoms with Gasteiger partial charge in [-0.15, -0.1) is 5.10 Å². The normalized spacial score (nSPS) is 11.4. The average Bonchev–Trinajstić information content (AvgIpc) is 2.32. The van der Waals surface area contributed by atoms with E-state index in [1.165, 1.54) is 6.92 Å². The fraction of sp³-hybridized carbons (Fsp3) is 0.333. The van der Waals surface area contributed by atoms with Crippen LogP contribution in [0.15, 0.2) is 6.07 Å². The van der Waals surface area contributed by atoms with Crippen LogP contribution >= 0.6 is 0 Å². The molecule has 0 unspecified atom stereocenters. The summed E-state index contributed by atoms with van der Waals surface area (Å²) in [5, 5.41) is 3.12. The number of hydrogen-bond acceptors (Lipinski definition) is 2. The molecule has 1 heterocycles. The number of alkyl halides is 3. The summed E-state index contributed by atoms with van der Waals surface area (Å²) in [4.78, 5) is 10.7. The van der Waals surface area contributed by atoms with E-state index in [9.17, 15) is 18.0 Å². The van der Waals surface area contributed by atoms with Gasteiger partial charge in [-0.3, -0.25) is 4.79 Å². The van der Waals surface area contributed by atoms with Gasteiger partial charge in [-0.2, -0.15) is 18.0 Å². The van der Waals surface area contributed by atoms with E-state index in [-0.39, 0.29) is 12.1 Å². The zero-order chi connectivity index (χ0) is 10.1.